The van der Waals surface area contributed by atoms with Crippen LogP contribution in [0.3, 0.4) is 0 Å². The van der Waals surface area contributed by atoms with E-state index in [1.807, 2.05) is 36.4 Å². The van der Waals surface area contributed by atoms with Gasteiger partial charge in [0, 0.05) is 5.69 Å². The van der Waals surface area contributed by atoms with Crippen LogP contribution in [0.5, 0.6) is 0 Å². The first kappa shape index (κ1) is 16.1. The van der Waals surface area contributed by atoms with Crippen molar-refractivity contribution >= 4 is 23.0 Å². The monoisotopic (exact) mass is 336 g/mol. The second-order valence-electron chi connectivity index (χ2n) is 5.36. The van der Waals surface area contributed by atoms with Crippen LogP contribution in [0.25, 0.3) is 0 Å². The molecule has 0 aliphatic heterocycles. The lowest BCUT2D eigenvalue weighted by Crippen LogP contribution is -2.33. The summed E-state index contributed by atoms with van der Waals surface area (Å²) in [5.74, 6) is -0.300. The van der Waals surface area contributed by atoms with E-state index in [9.17, 15) is 4.39 Å². The molecule has 3 aromatic carbocycles. The fourth-order valence-electron chi connectivity index (χ4n) is 2.51. The summed E-state index contributed by atoms with van der Waals surface area (Å²) in [7, 11) is 0. The van der Waals surface area contributed by atoms with Crippen LogP contribution in [0.4, 0.5) is 10.1 Å². The Kier molecular flexibility index (Phi) is 5.18. The summed E-state index contributed by atoms with van der Waals surface area (Å²) < 4.78 is 13.3. The van der Waals surface area contributed by atoms with Gasteiger partial charge in [-0.25, -0.2) is 4.39 Å². The molecular formula is C20H17FN2S. The van der Waals surface area contributed by atoms with E-state index in [1.165, 1.54) is 12.1 Å². The van der Waals surface area contributed by atoms with Gasteiger partial charge in [0.1, 0.15) is 5.82 Å². The number of rotatable bonds is 4. The number of benzene rings is 3. The molecule has 0 saturated carbocycles. The third kappa shape index (κ3) is 4.18. The number of nitrogens with one attached hydrogen (secondary N) is 2. The van der Waals surface area contributed by atoms with Crippen molar-refractivity contribution < 1.29 is 4.39 Å². The van der Waals surface area contributed by atoms with Gasteiger partial charge in [-0.1, -0.05) is 66.7 Å². The molecule has 3 aromatic rings. The zero-order valence-corrected chi connectivity index (χ0v) is 13.8. The highest BCUT2D eigenvalue weighted by molar-refractivity contribution is 7.80. The number of anilines is 1. The SMILES string of the molecule is Fc1cccc(NC(=S)NC(c2ccccc2)c2ccccc2)c1. The third-order valence-corrected chi connectivity index (χ3v) is 3.84. The van der Waals surface area contributed by atoms with Gasteiger partial charge in [-0.2, -0.15) is 0 Å². The van der Waals surface area contributed by atoms with Crippen LogP contribution < -0.4 is 10.6 Å². The fourth-order valence-corrected chi connectivity index (χ4v) is 2.75. The summed E-state index contributed by atoms with van der Waals surface area (Å²) in [6.45, 7) is 0. The van der Waals surface area contributed by atoms with E-state index in [-0.39, 0.29) is 11.9 Å². The highest BCUT2D eigenvalue weighted by Gasteiger charge is 2.14. The van der Waals surface area contributed by atoms with Crippen LogP contribution in [0.2, 0.25) is 0 Å². The van der Waals surface area contributed by atoms with Crippen molar-refractivity contribution in [1.29, 1.82) is 0 Å². The smallest absolute Gasteiger partial charge is 0.171 e. The number of thiocarbonyl (C=S) groups is 1. The molecule has 2 N–H and O–H groups in total. The Bertz CT molecular complexity index is 767. The first-order valence-electron chi connectivity index (χ1n) is 7.65. The van der Waals surface area contributed by atoms with E-state index < -0.39 is 0 Å². The molecule has 0 heterocycles. The molecule has 0 aliphatic rings. The van der Waals surface area contributed by atoms with E-state index in [1.54, 1.807) is 12.1 Å². The van der Waals surface area contributed by atoms with Crippen LogP contribution in [0.1, 0.15) is 17.2 Å². The molecule has 3 rings (SSSR count). The minimum absolute atomic E-state index is 0.0824. The second-order valence-corrected chi connectivity index (χ2v) is 5.77. The van der Waals surface area contributed by atoms with Gasteiger partial charge in [-0.3, -0.25) is 0 Å². The Balaban J connectivity index is 1.80. The van der Waals surface area contributed by atoms with E-state index in [0.29, 0.717) is 10.8 Å². The van der Waals surface area contributed by atoms with Gasteiger partial charge in [-0.05, 0) is 41.5 Å². The molecule has 0 saturated heterocycles. The molecule has 0 atom stereocenters. The maximum absolute atomic E-state index is 13.3. The molecule has 0 fully saturated rings. The van der Waals surface area contributed by atoms with Crippen molar-refractivity contribution in [3.63, 3.8) is 0 Å². The average Bonchev–Trinajstić information content (AvgIpc) is 2.61. The number of hydrogen-bond donors (Lipinski definition) is 2. The van der Waals surface area contributed by atoms with Crippen LogP contribution in [-0.2, 0) is 0 Å². The highest BCUT2D eigenvalue weighted by Crippen LogP contribution is 2.22. The fraction of sp³-hybridized carbons (Fsp3) is 0.0500. The molecule has 0 aromatic heterocycles. The topological polar surface area (TPSA) is 24.1 Å². The van der Waals surface area contributed by atoms with Gasteiger partial charge in [0.05, 0.1) is 6.04 Å². The average molecular weight is 336 g/mol. The van der Waals surface area contributed by atoms with E-state index in [2.05, 4.69) is 34.9 Å². The van der Waals surface area contributed by atoms with Crippen LogP contribution in [0.15, 0.2) is 84.9 Å². The number of halogens is 1. The number of hydrogen-bond acceptors (Lipinski definition) is 1. The predicted octanol–water partition coefficient (Wildman–Crippen LogP) is 4.90. The van der Waals surface area contributed by atoms with Gasteiger partial charge in [0.15, 0.2) is 5.11 Å². The van der Waals surface area contributed by atoms with Crippen LogP contribution >= 0.6 is 12.2 Å². The lowest BCUT2D eigenvalue weighted by atomic mass is 9.99. The first-order valence-corrected chi connectivity index (χ1v) is 8.06. The molecule has 0 amide bonds. The van der Waals surface area contributed by atoms with Gasteiger partial charge in [0.25, 0.3) is 0 Å². The van der Waals surface area contributed by atoms with Crippen LogP contribution in [-0.4, -0.2) is 5.11 Å². The van der Waals surface area contributed by atoms with Gasteiger partial charge >= 0.3 is 0 Å². The molecule has 0 unspecified atom stereocenters. The third-order valence-electron chi connectivity index (χ3n) is 3.62. The Morgan fingerprint density at radius 3 is 1.92 bits per heavy atom. The molecule has 0 spiro atoms. The minimum atomic E-state index is -0.300. The van der Waals surface area contributed by atoms with Crippen molar-refractivity contribution in [2.75, 3.05) is 5.32 Å². The highest BCUT2D eigenvalue weighted by atomic mass is 32.1. The largest absolute Gasteiger partial charge is 0.352 e. The molecule has 120 valence electrons. The Morgan fingerprint density at radius 2 is 1.38 bits per heavy atom. The summed E-state index contributed by atoms with van der Waals surface area (Å²) in [6, 6.07) is 26.3. The van der Waals surface area contributed by atoms with E-state index >= 15 is 0 Å². The first-order chi connectivity index (χ1) is 11.7. The molecule has 2 nitrogen and oxygen atoms in total. The Labute approximate surface area is 146 Å². The molecule has 0 radical (unpaired) electrons. The summed E-state index contributed by atoms with van der Waals surface area (Å²) in [6.07, 6.45) is 0. The lowest BCUT2D eigenvalue weighted by Gasteiger charge is -2.22. The predicted molar refractivity (Wildman–Crippen MR) is 100 cm³/mol. The summed E-state index contributed by atoms with van der Waals surface area (Å²) >= 11 is 5.41. The zero-order valence-electron chi connectivity index (χ0n) is 12.9. The summed E-state index contributed by atoms with van der Waals surface area (Å²) in [5.41, 5.74) is 2.83. The normalized spacial score (nSPS) is 10.4. The molecule has 4 heteroatoms. The summed E-state index contributed by atoms with van der Waals surface area (Å²) in [5, 5.41) is 6.79. The van der Waals surface area contributed by atoms with Gasteiger partial charge < -0.3 is 10.6 Å². The maximum Gasteiger partial charge on any atom is 0.171 e. The Hall–Kier alpha value is -2.72. The maximum atomic E-state index is 13.3. The summed E-state index contributed by atoms with van der Waals surface area (Å²) in [4.78, 5) is 0. The van der Waals surface area contributed by atoms with Crippen molar-refractivity contribution in [3.8, 4) is 0 Å². The Morgan fingerprint density at radius 1 is 0.792 bits per heavy atom. The molecular weight excluding hydrogens is 319 g/mol. The standard InChI is InChI=1S/C20H17FN2S/c21-17-12-7-13-18(14-17)22-20(24)23-19(15-8-3-1-4-9-15)16-10-5-2-6-11-16/h1-14,19H,(H2,22,23,24). The van der Waals surface area contributed by atoms with Gasteiger partial charge in [-0.15, -0.1) is 0 Å². The molecule has 0 aliphatic carbocycles. The van der Waals surface area contributed by atoms with Crippen LogP contribution in [0, 0.1) is 5.82 Å². The minimum Gasteiger partial charge on any atom is -0.352 e. The van der Waals surface area contributed by atoms with Gasteiger partial charge in [0.2, 0.25) is 0 Å². The lowest BCUT2D eigenvalue weighted by molar-refractivity contribution is 0.628. The molecule has 24 heavy (non-hydrogen) atoms. The van der Waals surface area contributed by atoms with E-state index in [4.69, 9.17) is 12.2 Å². The quantitative estimate of drug-likeness (QED) is 0.663. The van der Waals surface area contributed by atoms with Crippen molar-refractivity contribution in [2.24, 2.45) is 0 Å². The van der Waals surface area contributed by atoms with Crippen molar-refractivity contribution in [1.82, 2.24) is 5.32 Å². The second kappa shape index (κ2) is 7.70. The van der Waals surface area contributed by atoms with E-state index in [0.717, 1.165) is 11.1 Å². The zero-order chi connectivity index (χ0) is 16.8. The van der Waals surface area contributed by atoms with Crippen molar-refractivity contribution in [2.45, 2.75) is 6.04 Å². The van der Waals surface area contributed by atoms with Crippen molar-refractivity contribution in [3.05, 3.63) is 102 Å². The molecule has 0 bridgehead atoms.